The molecule has 11 heavy (non-hydrogen) atoms. The number of nitrogens with zero attached hydrogens (tertiary/aromatic N) is 2. The highest BCUT2D eigenvalue weighted by Gasteiger charge is 2.07. The number of carbonyl (C=O) groups excluding carboxylic acids is 1. The van der Waals surface area contributed by atoms with Gasteiger partial charge in [-0.25, -0.2) is 8.96 Å². The molecule has 0 bridgehead atoms. The zero-order valence-electron chi connectivity index (χ0n) is 5.21. The van der Waals surface area contributed by atoms with Crippen molar-refractivity contribution >= 4 is 16.6 Å². The van der Waals surface area contributed by atoms with E-state index in [0.717, 1.165) is 12.5 Å². The third-order valence-electron chi connectivity index (χ3n) is 0.967. The Balaban J connectivity index is 3.18. The summed E-state index contributed by atoms with van der Waals surface area (Å²) in [6.45, 7) is 0. The molecule has 6 nitrogen and oxygen atoms in total. The van der Waals surface area contributed by atoms with Crippen LogP contribution < -0.4 is 0 Å². The number of hydrogen-bond donors (Lipinski definition) is 1. The van der Waals surface area contributed by atoms with Crippen molar-refractivity contribution in [1.82, 2.24) is 8.96 Å². The molecule has 0 saturated heterocycles. The fraction of sp³-hybridized carbons (Fsp3) is 0. The average molecular weight is 176 g/mol. The summed E-state index contributed by atoms with van der Waals surface area (Å²) in [5.74, 6) is 0. The molecule has 1 aromatic rings. The van der Waals surface area contributed by atoms with Crippen molar-refractivity contribution in [2.75, 3.05) is 0 Å². The highest BCUT2D eigenvalue weighted by Crippen LogP contribution is 1.95. The number of aromatic nitrogens is 2. The molecule has 0 saturated carbocycles. The van der Waals surface area contributed by atoms with Crippen LogP contribution in [-0.2, 0) is 10.3 Å². The van der Waals surface area contributed by atoms with Gasteiger partial charge in [0.25, 0.3) is 0 Å². The molecule has 1 N–H and O–H groups in total. The summed E-state index contributed by atoms with van der Waals surface area (Å²) in [5.41, 5.74) is -0.0531. The molecule has 0 spiro atoms. The summed E-state index contributed by atoms with van der Waals surface area (Å²) >= 11 is 0. The second-order valence-electron chi connectivity index (χ2n) is 1.72. The van der Waals surface area contributed by atoms with Crippen molar-refractivity contribution in [3.05, 3.63) is 18.2 Å². The first-order valence-electron chi connectivity index (χ1n) is 2.51. The van der Waals surface area contributed by atoms with Crippen molar-refractivity contribution in [3.8, 4) is 0 Å². The van der Waals surface area contributed by atoms with Gasteiger partial charge < -0.3 is 0 Å². The van der Waals surface area contributed by atoms with E-state index in [1.807, 2.05) is 0 Å². The van der Waals surface area contributed by atoms with E-state index in [-0.39, 0.29) is 5.69 Å². The highest BCUT2D eigenvalue weighted by molar-refractivity contribution is 7.84. The van der Waals surface area contributed by atoms with E-state index in [1.165, 1.54) is 0 Å². The van der Waals surface area contributed by atoms with Crippen LogP contribution in [0, 0.1) is 0 Å². The summed E-state index contributed by atoms with van der Waals surface area (Å²) in [6.07, 6.45) is 2.11. The van der Waals surface area contributed by atoms with E-state index in [4.69, 9.17) is 4.55 Å². The van der Waals surface area contributed by atoms with Gasteiger partial charge in [-0.1, -0.05) is 0 Å². The highest BCUT2D eigenvalue weighted by atomic mass is 32.2. The van der Waals surface area contributed by atoms with E-state index in [0.29, 0.717) is 10.3 Å². The predicted octanol–water partition coefficient (Wildman–Crippen LogP) is -0.653. The lowest BCUT2D eigenvalue weighted by molar-refractivity contribution is 0.111. The molecule has 0 unspecified atom stereocenters. The first-order chi connectivity index (χ1) is 5.04. The Labute approximate surface area is 62.4 Å². The Morgan fingerprint density at radius 2 is 2.27 bits per heavy atom. The molecule has 0 amide bonds. The van der Waals surface area contributed by atoms with Crippen LogP contribution >= 0.6 is 0 Å². The van der Waals surface area contributed by atoms with E-state index in [9.17, 15) is 13.2 Å². The molecule has 1 rings (SSSR count). The summed E-state index contributed by atoms with van der Waals surface area (Å²) in [5, 5.41) is 0. The Morgan fingerprint density at radius 1 is 1.64 bits per heavy atom. The van der Waals surface area contributed by atoms with Gasteiger partial charge in [0.1, 0.15) is 12.0 Å². The lowest BCUT2D eigenvalue weighted by Crippen LogP contribution is -2.07. The van der Waals surface area contributed by atoms with Crippen molar-refractivity contribution in [2.24, 2.45) is 0 Å². The Morgan fingerprint density at radius 3 is 2.55 bits per heavy atom. The van der Waals surface area contributed by atoms with Gasteiger partial charge >= 0.3 is 10.3 Å². The SMILES string of the molecule is O=Cc1cn(S(=O)(=O)O)cn1. The minimum absolute atomic E-state index is 0.0531. The van der Waals surface area contributed by atoms with Crippen LogP contribution in [0.3, 0.4) is 0 Å². The Bertz CT molecular complexity index is 365. The number of hydrogen-bond acceptors (Lipinski definition) is 4. The number of aldehydes is 1. The van der Waals surface area contributed by atoms with Crippen molar-refractivity contribution < 1.29 is 17.8 Å². The molecule has 0 atom stereocenters. The van der Waals surface area contributed by atoms with Crippen molar-refractivity contribution in [3.63, 3.8) is 0 Å². The lowest BCUT2D eigenvalue weighted by atomic mass is 10.6. The van der Waals surface area contributed by atoms with E-state index >= 15 is 0 Å². The molecule has 0 aliphatic carbocycles. The van der Waals surface area contributed by atoms with Gasteiger partial charge in [-0.2, -0.15) is 8.42 Å². The maximum absolute atomic E-state index is 10.3. The zero-order chi connectivity index (χ0) is 8.48. The minimum Gasteiger partial charge on any atom is -0.296 e. The van der Waals surface area contributed by atoms with Crippen molar-refractivity contribution in [1.29, 1.82) is 0 Å². The summed E-state index contributed by atoms with van der Waals surface area (Å²) < 4.78 is 29.5. The van der Waals surface area contributed by atoms with Crippen LogP contribution in [-0.4, -0.2) is 28.2 Å². The molecule has 1 aromatic heterocycles. The molecular formula is C4H4N2O4S. The maximum atomic E-state index is 10.3. The smallest absolute Gasteiger partial charge is 0.296 e. The number of rotatable bonds is 2. The van der Waals surface area contributed by atoms with Crippen LogP contribution in [0.2, 0.25) is 0 Å². The third-order valence-corrected chi connectivity index (χ3v) is 1.70. The van der Waals surface area contributed by atoms with E-state index in [2.05, 4.69) is 4.98 Å². The maximum Gasteiger partial charge on any atom is 0.364 e. The minimum atomic E-state index is -4.30. The summed E-state index contributed by atoms with van der Waals surface area (Å²) in [4.78, 5) is 13.4. The second kappa shape index (κ2) is 2.44. The van der Waals surface area contributed by atoms with Gasteiger partial charge in [-0.05, 0) is 0 Å². The molecule has 7 heteroatoms. The Kier molecular flexibility index (Phi) is 1.75. The molecular weight excluding hydrogens is 172 g/mol. The lowest BCUT2D eigenvalue weighted by Gasteiger charge is -1.91. The van der Waals surface area contributed by atoms with Crippen LogP contribution in [0.4, 0.5) is 0 Å². The number of carbonyl (C=O) groups is 1. The molecule has 1 heterocycles. The second-order valence-corrected chi connectivity index (χ2v) is 3.04. The molecule has 60 valence electrons. The molecule has 0 aromatic carbocycles. The van der Waals surface area contributed by atoms with Gasteiger partial charge in [0, 0.05) is 0 Å². The molecule has 0 radical (unpaired) electrons. The molecule has 0 aliphatic rings. The van der Waals surface area contributed by atoms with Crippen molar-refractivity contribution in [2.45, 2.75) is 0 Å². The summed E-state index contributed by atoms with van der Waals surface area (Å²) in [7, 11) is -4.30. The Hall–Kier alpha value is -1.21. The largest absolute Gasteiger partial charge is 0.364 e. The first-order valence-corrected chi connectivity index (χ1v) is 3.91. The van der Waals surface area contributed by atoms with Gasteiger partial charge in [0.15, 0.2) is 6.29 Å². The monoisotopic (exact) mass is 176 g/mol. The van der Waals surface area contributed by atoms with E-state index in [1.54, 1.807) is 0 Å². The average Bonchev–Trinajstić information content (AvgIpc) is 2.32. The van der Waals surface area contributed by atoms with Gasteiger partial charge in [-0.3, -0.25) is 9.35 Å². The van der Waals surface area contributed by atoms with Crippen LogP contribution in [0.5, 0.6) is 0 Å². The first kappa shape index (κ1) is 7.89. The van der Waals surface area contributed by atoms with Crippen LogP contribution in [0.15, 0.2) is 12.5 Å². The standard InChI is InChI=1S/C4H4N2O4S/c7-2-4-1-6(3-5-4)11(8,9)10/h1-3H,(H,8,9,10). The van der Waals surface area contributed by atoms with Gasteiger partial charge in [0.2, 0.25) is 0 Å². The van der Waals surface area contributed by atoms with Crippen LogP contribution in [0.25, 0.3) is 0 Å². The predicted molar refractivity (Wildman–Crippen MR) is 34.6 cm³/mol. The van der Waals surface area contributed by atoms with Gasteiger partial charge in [-0.15, -0.1) is 0 Å². The normalized spacial score (nSPS) is 11.4. The fourth-order valence-corrected chi connectivity index (χ4v) is 0.915. The van der Waals surface area contributed by atoms with Gasteiger partial charge in [0.05, 0.1) is 6.20 Å². The third kappa shape index (κ3) is 1.63. The molecule has 0 fully saturated rings. The summed E-state index contributed by atoms with van der Waals surface area (Å²) in [6, 6.07) is 0. The molecule has 0 aliphatic heterocycles. The topological polar surface area (TPSA) is 89.3 Å². The quantitative estimate of drug-likeness (QED) is 0.477. The number of imidazole rings is 1. The van der Waals surface area contributed by atoms with Crippen LogP contribution in [0.1, 0.15) is 10.5 Å². The fourth-order valence-electron chi connectivity index (χ4n) is 0.508. The van der Waals surface area contributed by atoms with E-state index < -0.39 is 10.3 Å². The zero-order valence-corrected chi connectivity index (χ0v) is 6.02.